The summed E-state index contributed by atoms with van der Waals surface area (Å²) in [6, 6.07) is 9.15. The number of carbonyl (C=O) groups excluding carboxylic acids is 1. The Morgan fingerprint density at radius 2 is 1.69 bits per heavy atom. The summed E-state index contributed by atoms with van der Waals surface area (Å²) < 4.78 is 57.7. The van der Waals surface area contributed by atoms with E-state index in [9.17, 15) is 22.4 Å². The summed E-state index contributed by atoms with van der Waals surface area (Å²) in [4.78, 5) is 11.9. The number of nitrogens with one attached hydrogen (secondary N) is 1. The van der Waals surface area contributed by atoms with E-state index in [0.29, 0.717) is 5.69 Å². The van der Waals surface area contributed by atoms with Crippen LogP contribution in [0.4, 0.5) is 23.2 Å². The molecular weight excluding hydrogens is 358 g/mol. The first kappa shape index (κ1) is 19.0. The molecule has 0 bridgehead atoms. The fourth-order valence-electron chi connectivity index (χ4n) is 1.86. The van der Waals surface area contributed by atoms with Gasteiger partial charge in [-0.25, -0.2) is 5.43 Å². The van der Waals surface area contributed by atoms with Crippen molar-refractivity contribution in [3.8, 4) is 11.5 Å². The Balaban J connectivity index is 2.12. The average molecular weight is 371 g/mol. The maximum absolute atomic E-state index is 12.5. The normalized spacial score (nSPS) is 11.2. The molecule has 2 aromatic carbocycles. The zero-order valence-corrected chi connectivity index (χ0v) is 13.0. The number of anilines is 1. The van der Waals surface area contributed by atoms with Gasteiger partial charge < -0.3 is 15.2 Å². The number of amides is 1. The molecule has 0 aliphatic rings. The van der Waals surface area contributed by atoms with Gasteiger partial charge in [0.1, 0.15) is 11.5 Å². The third-order valence-electron chi connectivity index (χ3n) is 2.97. The number of nitrogen functional groups attached to an aromatic ring is 1. The number of hydrogen-bond acceptors (Lipinski definition) is 5. The van der Waals surface area contributed by atoms with E-state index < -0.39 is 24.9 Å². The number of hydrogen-bond donors (Lipinski definition) is 2. The number of ether oxygens (including phenoxy) is 2. The topological polar surface area (TPSA) is 85.9 Å². The van der Waals surface area contributed by atoms with Crippen molar-refractivity contribution in [1.29, 1.82) is 0 Å². The van der Waals surface area contributed by atoms with Crippen molar-refractivity contribution >= 4 is 17.8 Å². The zero-order chi connectivity index (χ0) is 19.1. The first-order chi connectivity index (χ1) is 12.3. The van der Waals surface area contributed by atoms with Gasteiger partial charge in [-0.2, -0.15) is 22.7 Å². The van der Waals surface area contributed by atoms with Crippen LogP contribution in [0, 0.1) is 0 Å². The molecule has 0 saturated heterocycles. The number of nitrogens with zero attached hydrogens (tertiary/aromatic N) is 1. The second-order valence-corrected chi connectivity index (χ2v) is 4.78. The smallest absolute Gasteiger partial charge is 0.387 e. The molecule has 0 spiro atoms. The van der Waals surface area contributed by atoms with Gasteiger partial charge in [0.15, 0.2) is 0 Å². The largest absolute Gasteiger partial charge is 0.435 e. The summed E-state index contributed by atoms with van der Waals surface area (Å²) >= 11 is 0. The van der Waals surface area contributed by atoms with E-state index in [1.807, 2.05) is 0 Å². The maximum Gasteiger partial charge on any atom is 0.387 e. The summed E-state index contributed by atoms with van der Waals surface area (Å²) in [5, 5.41) is 3.63. The second kappa shape index (κ2) is 8.70. The fraction of sp³-hybridized carbons (Fsp3) is 0.125. The summed E-state index contributed by atoms with van der Waals surface area (Å²) in [7, 11) is 0. The van der Waals surface area contributed by atoms with Gasteiger partial charge in [-0.05, 0) is 36.4 Å². The van der Waals surface area contributed by atoms with Crippen LogP contribution in [-0.4, -0.2) is 25.3 Å². The van der Waals surface area contributed by atoms with E-state index in [0.717, 1.165) is 18.3 Å². The van der Waals surface area contributed by atoms with Crippen LogP contribution < -0.4 is 20.6 Å². The Bertz CT molecular complexity index is 783. The molecule has 0 fully saturated rings. The van der Waals surface area contributed by atoms with Crippen LogP contribution in [-0.2, 0) is 0 Å². The van der Waals surface area contributed by atoms with Crippen molar-refractivity contribution < 1.29 is 31.8 Å². The van der Waals surface area contributed by atoms with E-state index >= 15 is 0 Å². The van der Waals surface area contributed by atoms with Gasteiger partial charge in [-0.15, -0.1) is 0 Å². The fourth-order valence-corrected chi connectivity index (χ4v) is 1.86. The lowest BCUT2D eigenvalue weighted by atomic mass is 10.2. The molecule has 26 heavy (non-hydrogen) atoms. The highest BCUT2D eigenvalue weighted by Gasteiger charge is 2.12. The molecule has 0 saturated carbocycles. The van der Waals surface area contributed by atoms with E-state index in [-0.39, 0.29) is 16.9 Å². The summed E-state index contributed by atoms with van der Waals surface area (Å²) in [5.74, 6) is -1.36. The Morgan fingerprint density at radius 1 is 1.04 bits per heavy atom. The van der Waals surface area contributed by atoms with Crippen molar-refractivity contribution in [2.45, 2.75) is 13.2 Å². The van der Waals surface area contributed by atoms with Gasteiger partial charge >= 0.3 is 13.2 Å². The Morgan fingerprint density at radius 3 is 2.31 bits per heavy atom. The third-order valence-corrected chi connectivity index (χ3v) is 2.97. The van der Waals surface area contributed by atoms with Crippen LogP contribution in [0.15, 0.2) is 47.6 Å². The predicted molar refractivity (Wildman–Crippen MR) is 85.6 cm³/mol. The van der Waals surface area contributed by atoms with Crippen molar-refractivity contribution in [2.24, 2.45) is 5.10 Å². The molecule has 3 N–H and O–H groups in total. The average Bonchev–Trinajstić information content (AvgIpc) is 2.56. The van der Waals surface area contributed by atoms with Crippen LogP contribution in [0.3, 0.4) is 0 Å². The number of hydrazone groups is 1. The summed E-state index contributed by atoms with van der Waals surface area (Å²) in [5.41, 5.74) is 8.47. The van der Waals surface area contributed by atoms with Crippen LogP contribution in [0.1, 0.15) is 15.9 Å². The molecule has 2 aromatic rings. The molecule has 138 valence electrons. The monoisotopic (exact) mass is 371 g/mol. The van der Waals surface area contributed by atoms with Crippen LogP contribution >= 0.6 is 0 Å². The molecule has 0 radical (unpaired) electrons. The maximum atomic E-state index is 12.5. The minimum absolute atomic E-state index is 0.0181. The molecule has 2 rings (SSSR count). The third kappa shape index (κ3) is 5.65. The zero-order valence-electron chi connectivity index (χ0n) is 13.0. The second-order valence-electron chi connectivity index (χ2n) is 4.78. The SMILES string of the molecule is Nc1ccc(C(=O)N/N=C\c2ccc(OC(F)F)cc2OC(F)F)cc1. The molecule has 0 heterocycles. The van der Waals surface area contributed by atoms with Crippen molar-refractivity contribution in [3.63, 3.8) is 0 Å². The lowest BCUT2D eigenvalue weighted by Gasteiger charge is -2.10. The molecular formula is C16H13F4N3O3. The molecule has 10 heteroatoms. The van der Waals surface area contributed by atoms with Crippen molar-refractivity contribution in [3.05, 3.63) is 53.6 Å². The quantitative estimate of drug-likeness (QED) is 0.339. The van der Waals surface area contributed by atoms with Gasteiger partial charge in [0.2, 0.25) is 0 Å². The first-order valence-corrected chi connectivity index (χ1v) is 7.08. The molecule has 0 atom stereocenters. The Kier molecular flexibility index (Phi) is 6.36. The predicted octanol–water partition coefficient (Wildman–Crippen LogP) is 3.24. The lowest BCUT2D eigenvalue weighted by molar-refractivity contribution is -0.0543. The standard InChI is InChI=1S/C16H13F4N3O3/c17-15(18)25-12-6-3-10(13(7-12)26-16(19)20)8-22-23-14(24)9-1-4-11(21)5-2-9/h1-8,15-16H,21H2,(H,23,24)/b22-8-. The molecule has 0 unspecified atom stereocenters. The molecule has 0 aliphatic heterocycles. The lowest BCUT2D eigenvalue weighted by Crippen LogP contribution is -2.17. The van der Waals surface area contributed by atoms with Crippen molar-refractivity contribution in [1.82, 2.24) is 5.43 Å². The molecule has 1 amide bonds. The first-order valence-electron chi connectivity index (χ1n) is 7.08. The van der Waals surface area contributed by atoms with Gasteiger partial charge in [-0.3, -0.25) is 4.79 Å². The summed E-state index contributed by atoms with van der Waals surface area (Å²) in [6.07, 6.45) is 1.03. The number of carbonyl (C=O) groups is 1. The van der Waals surface area contributed by atoms with E-state index in [4.69, 9.17) is 5.73 Å². The van der Waals surface area contributed by atoms with E-state index in [1.165, 1.54) is 30.3 Å². The van der Waals surface area contributed by atoms with Crippen LogP contribution in [0.25, 0.3) is 0 Å². The minimum Gasteiger partial charge on any atom is -0.435 e. The van der Waals surface area contributed by atoms with E-state index in [2.05, 4.69) is 20.0 Å². The van der Waals surface area contributed by atoms with Crippen LogP contribution in [0.2, 0.25) is 0 Å². The highest BCUT2D eigenvalue weighted by Crippen LogP contribution is 2.26. The molecule has 0 aliphatic carbocycles. The highest BCUT2D eigenvalue weighted by molar-refractivity contribution is 5.95. The van der Waals surface area contributed by atoms with Gasteiger partial charge in [0.05, 0.1) is 6.21 Å². The molecule has 6 nitrogen and oxygen atoms in total. The molecule has 0 aromatic heterocycles. The number of halogens is 4. The number of alkyl halides is 4. The number of benzene rings is 2. The Hall–Kier alpha value is -3.30. The highest BCUT2D eigenvalue weighted by atomic mass is 19.3. The van der Waals surface area contributed by atoms with Crippen molar-refractivity contribution in [2.75, 3.05) is 5.73 Å². The van der Waals surface area contributed by atoms with E-state index in [1.54, 1.807) is 0 Å². The van der Waals surface area contributed by atoms with Gasteiger partial charge in [0.25, 0.3) is 5.91 Å². The summed E-state index contributed by atoms with van der Waals surface area (Å²) in [6.45, 7) is -6.30. The number of rotatable bonds is 7. The number of nitrogens with two attached hydrogens (primary N) is 1. The van der Waals surface area contributed by atoms with Crippen LogP contribution in [0.5, 0.6) is 11.5 Å². The Labute approximate surface area is 145 Å². The minimum atomic E-state index is -3.19. The van der Waals surface area contributed by atoms with Gasteiger partial charge in [-0.1, -0.05) is 0 Å². The van der Waals surface area contributed by atoms with Gasteiger partial charge in [0, 0.05) is 22.9 Å².